The summed E-state index contributed by atoms with van der Waals surface area (Å²) in [5.41, 5.74) is 0. The fourth-order valence-electron chi connectivity index (χ4n) is 10.1. The van der Waals surface area contributed by atoms with Crippen LogP contribution >= 0.6 is 7.82 Å². The number of aliphatic hydroxyl groups is 1. The Morgan fingerprint density at radius 2 is 1.11 bits per heavy atom. The van der Waals surface area contributed by atoms with Crippen molar-refractivity contribution in [3.8, 4) is 0 Å². The van der Waals surface area contributed by atoms with E-state index in [0.29, 0.717) is 32.3 Å². The monoisotopic (exact) mass is 1100 g/mol. The van der Waals surface area contributed by atoms with Crippen LogP contribution in [0.25, 0.3) is 0 Å². The first-order chi connectivity index (χ1) is 36.7. The Balaban J connectivity index is 2.31. The van der Waals surface area contributed by atoms with Crippen molar-refractivity contribution in [2.75, 3.05) is 40.6 Å². The molecule has 2 saturated heterocycles. The van der Waals surface area contributed by atoms with Gasteiger partial charge in [-0.1, -0.05) is 175 Å². The summed E-state index contributed by atoms with van der Waals surface area (Å²) in [6, 6.07) is -2.24. The van der Waals surface area contributed by atoms with E-state index in [2.05, 4.69) is 43.6 Å². The third-order valence-electron chi connectivity index (χ3n) is 14.8. The maximum Gasteiger partial charge on any atom is 0.472 e. The summed E-state index contributed by atoms with van der Waals surface area (Å²) in [4.78, 5) is 59.5. The average molecular weight is 1110 g/mol. The molecule has 2 fully saturated rings. The van der Waals surface area contributed by atoms with Gasteiger partial charge in [0.25, 0.3) is 0 Å². The van der Waals surface area contributed by atoms with Gasteiger partial charge in [-0.2, -0.15) is 0 Å². The predicted octanol–water partition coefficient (Wildman–Crippen LogP) is 11.3. The number of carbonyl (C=O) groups excluding carboxylic acids is 3. The van der Waals surface area contributed by atoms with Gasteiger partial charge in [0.15, 0.2) is 12.6 Å². The number of carbonyl (C=O) groups is 3. The lowest BCUT2D eigenvalue weighted by atomic mass is 9.88. The van der Waals surface area contributed by atoms with Gasteiger partial charge in [-0.05, 0) is 51.4 Å². The van der Waals surface area contributed by atoms with Gasteiger partial charge in [0, 0.05) is 46.2 Å². The largest absolute Gasteiger partial charge is 0.472 e. The van der Waals surface area contributed by atoms with Gasteiger partial charge in [-0.3, -0.25) is 18.9 Å². The maximum atomic E-state index is 13.9. The van der Waals surface area contributed by atoms with Gasteiger partial charge in [0.05, 0.1) is 37.9 Å². The number of Topliss-reactive ketones (excluding diaryl/α,β-unsaturated/α-hetero) is 1. The molecule has 2 aliphatic heterocycles. The lowest BCUT2D eigenvalue weighted by Gasteiger charge is -2.47. The van der Waals surface area contributed by atoms with Gasteiger partial charge in [0.1, 0.15) is 36.2 Å². The molecule has 9 unspecified atom stereocenters. The number of phosphoric ester groups is 1. The molecule has 0 aromatic carbocycles. The molecule has 2 rings (SSSR count). The zero-order valence-corrected chi connectivity index (χ0v) is 49.3. The molecule has 0 bridgehead atoms. The van der Waals surface area contributed by atoms with Crippen LogP contribution in [-0.4, -0.2) is 134 Å². The first kappa shape index (κ1) is 70.2. The van der Waals surface area contributed by atoms with Gasteiger partial charge < -0.3 is 58.7 Å². The molecule has 18 heteroatoms. The summed E-state index contributed by atoms with van der Waals surface area (Å²) in [6.07, 6.45) is 26.6. The van der Waals surface area contributed by atoms with Crippen molar-refractivity contribution in [1.82, 2.24) is 10.6 Å². The van der Waals surface area contributed by atoms with Crippen LogP contribution in [0, 0.1) is 5.92 Å². The minimum atomic E-state index is -5.27. The molecule has 0 aromatic rings. The van der Waals surface area contributed by atoms with Crippen LogP contribution in [0.4, 0.5) is 0 Å². The number of hydrogen-bond acceptors (Lipinski definition) is 13. The van der Waals surface area contributed by atoms with Crippen LogP contribution in [0.15, 0.2) is 12.2 Å². The van der Waals surface area contributed by atoms with Gasteiger partial charge in [0.2, 0.25) is 11.8 Å². The second-order valence-electron chi connectivity index (χ2n) is 21.4. The molecule has 0 radical (unpaired) electrons. The second kappa shape index (κ2) is 43.9. The molecule has 446 valence electrons. The van der Waals surface area contributed by atoms with Crippen molar-refractivity contribution >= 4 is 25.4 Å². The van der Waals surface area contributed by atoms with Crippen LogP contribution in [0.3, 0.4) is 0 Å². The molecule has 0 aliphatic carbocycles. The van der Waals surface area contributed by atoms with Crippen LogP contribution in [-0.2, 0) is 56.6 Å². The first-order valence-electron chi connectivity index (χ1n) is 30.1. The first-order valence-corrected chi connectivity index (χ1v) is 31.6. The fraction of sp³-hybridized carbons (Fsp3) is 0.914. The molecule has 17 nitrogen and oxygen atoms in total. The van der Waals surface area contributed by atoms with E-state index >= 15 is 0 Å². The van der Waals surface area contributed by atoms with Crippen LogP contribution in [0.1, 0.15) is 234 Å². The average Bonchev–Trinajstić information content (AvgIpc) is 3.38. The SMILES string of the molecule is CCCCCC/C=C\CCCCCCCCCC(=O)NC1C(OC[C@H]2OC(OP(=O)(O)O)C(NC(=O)CC(=O)CC)C(OCCCCCCCCCC)C2O)O[C@H](COC)C(C)C1OCCC(CCCCCCC)OC. The summed E-state index contributed by atoms with van der Waals surface area (Å²) < 4.78 is 61.2. The summed E-state index contributed by atoms with van der Waals surface area (Å²) >= 11 is 0. The standard InChI is InChI=1S/C58H109N2O15P/c1-8-12-15-18-20-22-23-24-25-26-27-28-29-32-35-38-50(62)59-52-55(71-41-39-47(69-7)37-34-31-17-14-10-3)45(5)48(43-68-6)73-57(52)72-44-49-54(64)56(70-40-36-33-30-21-19-16-13-9-2)53(58(74-49)75-76(65,66)67)60-51(63)42-46(61)11-4/h22-23,45,47-49,52-58,64H,8-21,24-44H2,1-7H3,(H,59,62)(H,60,63)(H2,65,66,67)/b23-22-/t45?,47?,48-,49-,52?,53?,54?,55?,56?,57?,58?/m1/s1. The van der Waals surface area contributed by atoms with E-state index < -0.39 is 81.9 Å². The lowest BCUT2D eigenvalue weighted by molar-refractivity contribution is -0.295. The zero-order chi connectivity index (χ0) is 55.8. The van der Waals surface area contributed by atoms with E-state index in [0.717, 1.165) is 77.0 Å². The summed E-state index contributed by atoms with van der Waals surface area (Å²) in [5, 5.41) is 17.8. The minimum absolute atomic E-state index is 0.00622. The number of phosphoric acid groups is 1. The molecular weight excluding hydrogens is 996 g/mol. The van der Waals surface area contributed by atoms with Crippen molar-refractivity contribution in [3.63, 3.8) is 0 Å². The van der Waals surface area contributed by atoms with E-state index in [4.69, 9.17) is 37.7 Å². The zero-order valence-electron chi connectivity index (χ0n) is 48.4. The number of rotatable bonds is 48. The quantitative estimate of drug-likeness (QED) is 0.0165. The number of methoxy groups -OCH3 is 2. The predicted molar refractivity (Wildman–Crippen MR) is 298 cm³/mol. The summed E-state index contributed by atoms with van der Waals surface area (Å²) in [7, 11) is -1.98. The Morgan fingerprint density at radius 3 is 1.68 bits per heavy atom. The fourth-order valence-corrected chi connectivity index (χ4v) is 10.6. The number of unbranched alkanes of at least 4 members (excludes halogenated alkanes) is 22. The number of ketones is 1. The number of ether oxygens (including phenoxy) is 7. The molecular formula is C58H109N2O15P. The van der Waals surface area contributed by atoms with E-state index in [1.54, 1.807) is 21.1 Å². The molecule has 2 amide bonds. The Morgan fingerprint density at radius 1 is 0.592 bits per heavy atom. The molecule has 76 heavy (non-hydrogen) atoms. The van der Waals surface area contributed by atoms with Crippen molar-refractivity contribution in [3.05, 3.63) is 12.2 Å². The van der Waals surface area contributed by atoms with Gasteiger partial charge in [-0.25, -0.2) is 4.57 Å². The minimum Gasteiger partial charge on any atom is -0.388 e. The highest BCUT2D eigenvalue weighted by molar-refractivity contribution is 7.46. The van der Waals surface area contributed by atoms with E-state index in [1.165, 1.54) is 83.5 Å². The topological polar surface area (TPSA) is 227 Å². The van der Waals surface area contributed by atoms with Crippen molar-refractivity contribution in [1.29, 1.82) is 0 Å². The van der Waals surface area contributed by atoms with Crippen molar-refractivity contribution < 1.29 is 71.5 Å². The molecule has 0 spiro atoms. The Labute approximate surface area is 459 Å². The number of nitrogens with one attached hydrogen (secondary N) is 2. The highest BCUT2D eigenvalue weighted by atomic mass is 31.2. The Kier molecular flexibility index (Phi) is 40.6. The smallest absolute Gasteiger partial charge is 0.388 e. The lowest BCUT2D eigenvalue weighted by Crippen LogP contribution is -2.66. The molecule has 5 N–H and O–H groups in total. The van der Waals surface area contributed by atoms with E-state index in [1.807, 2.05) is 6.92 Å². The van der Waals surface area contributed by atoms with Gasteiger partial charge >= 0.3 is 7.82 Å². The van der Waals surface area contributed by atoms with Crippen molar-refractivity contribution in [2.45, 2.75) is 295 Å². The normalized spacial score (nSPS) is 24.5. The van der Waals surface area contributed by atoms with Crippen LogP contribution < -0.4 is 10.6 Å². The van der Waals surface area contributed by atoms with Crippen molar-refractivity contribution in [2.24, 2.45) is 5.92 Å². The third-order valence-corrected chi connectivity index (χ3v) is 15.3. The summed E-state index contributed by atoms with van der Waals surface area (Å²) in [6.45, 7) is 10.5. The Bertz CT molecular complexity index is 1550. The number of aliphatic hydroxyl groups excluding tert-OH is 1. The van der Waals surface area contributed by atoms with Crippen LogP contribution in [0.2, 0.25) is 0 Å². The summed E-state index contributed by atoms with van der Waals surface area (Å²) in [5.74, 6) is -1.55. The molecule has 11 atom stereocenters. The Hall–Kier alpha value is -1.86. The molecule has 0 saturated carbocycles. The highest BCUT2D eigenvalue weighted by Gasteiger charge is 2.51. The number of amides is 2. The highest BCUT2D eigenvalue weighted by Crippen LogP contribution is 2.41. The molecule has 2 heterocycles. The van der Waals surface area contributed by atoms with E-state index in [9.17, 15) is 33.8 Å². The third kappa shape index (κ3) is 31.2. The maximum absolute atomic E-state index is 13.9. The van der Waals surface area contributed by atoms with Crippen LogP contribution in [0.5, 0.6) is 0 Å². The molecule has 2 aliphatic rings. The second-order valence-corrected chi connectivity index (χ2v) is 22.6. The number of allylic oxidation sites excluding steroid dienone is 2. The van der Waals surface area contributed by atoms with E-state index in [-0.39, 0.29) is 43.3 Å². The molecule has 0 aromatic heterocycles. The van der Waals surface area contributed by atoms with Gasteiger partial charge in [-0.15, -0.1) is 0 Å². The number of hydrogen-bond donors (Lipinski definition) is 5.